The summed E-state index contributed by atoms with van der Waals surface area (Å²) < 4.78 is 9.92. The maximum atomic E-state index is 11.3. The number of esters is 2. The molecule has 0 spiro atoms. The van der Waals surface area contributed by atoms with E-state index in [9.17, 15) is 9.59 Å². The summed E-state index contributed by atoms with van der Waals surface area (Å²) in [5, 5.41) is 0. The lowest BCUT2D eigenvalue weighted by Crippen LogP contribution is -2.25. The van der Waals surface area contributed by atoms with Crippen LogP contribution in [-0.2, 0) is 19.1 Å². The second kappa shape index (κ2) is 6.20. The van der Waals surface area contributed by atoms with Crippen molar-refractivity contribution in [1.82, 2.24) is 0 Å². The Morgan fingerprint density at radius 1 is 1.56 bits per heavy atom. The molecular formula is C13H17NO4. The molecular weight excluding hydrogens is 234 g/mol. The van der Waals surface area contributed by atoms with Crippen LogP contribution in [0.1, 0.15) is 39.5 Å². The summed E-state index contributed by atoms with van der Waals surface area (Å²) in [6.07, 6.45) is 6.88. The van der Waals surface area contributed by atoms with Crippen LogP contribution >= 0.6 is 0 Å². The molecule has 0 saturated heterocycles. The Kier molecular flexibility index (Phi) is 4.90. The van der Waals surface area contributed by atoms with E-state index >= 15 is 0 Å². The summed E-state index contributed by atoms with van der Waals surface area (Å²) in [6.45, 7) is 3.51. The molecule has 1 heterocycles. The van der Waals surface area contributed by atoms with Crippen LogP contribution < -0.4 is 0 Å². The quantitative estimate of drug-likeness (QED) is 0.407. The van der Waals surface area contributed by atoms with Crippen LogP contribution in [0.15, 0.2) is 4.99 Å². The molecule has 1 aliphatic rings. The molecule has 0 unspecified atom stereocenters. The van der Waals surface area contributed by atoms with Crippen molar-refractivity contribution in [2.45, 2.75) is 45.1 Å². The first-order valence-corrected chi connectivity index (χ1v) is 5.86. The minimum absolute atomic E-state index is 0.164. The van der Waals surface area contributed by atoms with Gasteiger partial charge in [0.15, 0.2) is 11.4 Å². The van der Waals surface area contributed by atoms with Crippen molar-refractivity contribution in [3.05, 3.63) is 0 Å². The largest absolute Gasteiger partial charge is 0.465 e. The highest BCUT2D eigenvalue weighted by atomic mass is 16.6. The van der Waals surface area contributed by atoms with Gasteiger partial charge >= 0.3 is 11.9 Å². The van der Waals surface area contributed by atoms with Gasteiger partial charge in [-0.15, -0.1) is 12.3 Å². The molecule has 1 rings (SSSR count). The smallest absolute Gasteiger partial charge is 0.340 e. The molecule has 5 heteroatoms. The van der Waals surface area contributed by atoms with Crippen LogP contribution in [0, 0.1) is 12.3 Å². The van der Waals surface area contributed by atoms with Gasteiger partial charge in [0.2, 0.25) is 0 Å². The van der Waals surface area contributed by atoms with Crippen LogP contribution in [0.25, 0.3) is 0 Å². The van der Waals surface area contributed by atoms with Gasteiger partial charge in [-0.1, -0.05) is 0 Å². The topological polar surface area (TPSA) is 65.0 Å². The summed E-state index contributed by atoms with van der Waals surface area (Å²) in [4.78, 5) is 26.7. The second-order valence-corrected chi connectivity index (χ2v) is 4.48. The molecule has 0 N–H and O–H groups in total. The third-order valence-corrected chi connectivity index (χ3v) is 2.40. The number of hydrogen-bond acceptors (Lipinski definition) is 5. The number of unbranched alkanes of at least 4 members (excludes halogenated alkanes) is 1. The number of ether oxygens (including phenoxy) is 2. The fourth-order valence-corrected chi connectivity index (χ4v) is 1.38. The van der Waals surface area contributed by atoms with Gasteiger partial charge in [0.05, 0.1) is 13.0 Å². The van der Waals surface area contributed by atoms with E-state index < -0.39 is 5.54 Å². The number of nitrogens with zero attached hydrogens (tertiary/aromatic N) is 1. The third kappa shape index (κ3) is 4.21. The van der Waals surface area contributed by atoms with Gasteiger partial charge in [-0.05, 0) is 20.3 Å². The maximum Gasteiger partial charge on any atom is 0.340 e. The first-order chi connectivity index (χ1) is 8.45. The summed E-state index contributed by atoms with van der Waals surface area (Å²) in [5.74, 6) is 2.10. The zero-order valence-corrected chi connectivity index (χ0v) is 10.7. The number of carbonyl (C=O) groups is 2. The number of aliphatic imine (C=N–C) groups is 1. The van der Waals surface area contributed by atoms with Crippen molar-refractivity contribution in [1.29, 1.82) is 0 Å². The van der Waals surface area contributed by atoms with E-state index in [0.717, 1.165) is 0 Å². The van der Waals surface area contributed by atoms with E-state index in [4.69, 9.17) is 15.9 Å². The molecule has 0 bridgehead atoms. The zero-order valence-electron chi connectivity index (χ0n) is 10.7. The lowest BCUT2D eigenvalue weighted by Gasteiger charge is -2.05. The van der Waals surface area contributed by atoms with Crippen molar-refractivity contribution in [2.75, 3.05) is 6.61 Å². The van der Waals surface area contributed by atoms with E-state index in [1.807, 2.05) is 0 Å². The third-order valence-electron chi connectivity index (χ3n) is 2.40. The first-order valence-electron chi connectivity index (χ1n) is 5.86. The van der Waals surface area contributed by atoms with E-state index in [2.05, 4.69) is 10.9 Å². The lowest BCUT2D eigenvalue weighted by atomic mass is 10.1. The highest BCUT2D eigenvalue weighted by Crippen LogP contribution is 2.19. The van der Waals surface area contributed by atoms with Gasteiger partial charge in [0.25, 0.3) is 0 Å². The molecule has 0 saturated carbocycles. The Bertz CT molecular complexity index is 404. The van der Waals surface area contributed by atoms with Crippen LogP contribution in [0.5, 0.6) is 0 Å². The Hall–Kier alpha value is -1.83. The van der Waals surface area contributed by atoms with E-state index in [-0.39, 0.29) is 18.5 Å². The molecule has 1 aliphatic heterocycles. The number of cyclic esters (lactones) is 1. The van der Waals surface area contributed by atoms with E-state index in [0.29, 0.717) is 31.6 Å². The molecule has 0 aromatic heterocycles. The minimum atomic E-state index is -0.827. The maximum absolute atomic E-state index is 11.3. The van der Waals surface area contributed by atoms with Crippen LogP contribution in [0.2, 0.25) is 0 Å². The predicted octanol–water partition coefficient (Wildman–Crippen LogP) is 1.46. The van der Waals surface area contributed by atoms with Gasteiger partial charge in [-0.3, -0.25) is 4.79 Å². The number of hydrogen-bond donors (Lipinski definition) is 0. The van der Waals surface area contributed by atoms with Crippen LogP contribution in [0.4, 0.5) is 0 Å². The van der Waals surface area contributed by atoms with Gasteiger partial charge < -0.3 is 9.47 Å². The fraction of sp³-hybridized carbons (Fsp3) is 0.615. The molecule has 0 aromatic rings. The normalized spacial score (nSPS) is 16.7. The highest BCUT2D eigenvalue weighted by molar-refractivity contribution is 5.99. The second-order valence-electron chi connectivity index (χ2n) is 4.48. The van der Waals surface area contributed by atoms with Crippen LogP contribution in [-0.4, -0.2) is 30.0 Å². The number of carbonyl (C=O) groups excluding carboxylic acids is 2. The summed E-state index contributed by atoms with van der Waals surface area (Å²) >= 11 is 0. The Morgan fingerprint density at radius 2 is 2.28 bits per heavy atom. The van der Waals surface area contributed by atoms with Crippen molar-refractivity contribution >= 4 is 17.8 Å². The zero-order chi connectivity index (χ0) is 13.6. The molecule has 0 atom stereocenters. The minimum Gasteiger partial charge on any atom is -0.465 e. The SMILES string of the molecule is C#CCCCC(=O)OCCC1=NC(C)(C)C(=O)O1. The van der Waals surface area contributed by atoms with Crippen molar-refractivity contribution in [3.63, 3.8) is 0 Å². The number of terminal acetylenes is 1. The standard InChI is InChI=1S/C13H17NO4/c1-4-5-6-7-11(15)17-9-8-10-14-13(2,3)12(16)18-10/h1H,5-9H2,2-3H3. The predicted molar refractivity (Wildman–Crippen MR) is 65.9 cm³/mol. The molecule has 0 radical (unpaired) electrons. The molecule has 5 nitrogen and oxygen atoms in total. The average molecular weight is 251 g/mol. The van der Waals surface area contributed by atoms with E-state index in [1.54, 1.807) is 13.8 Å². The van der Waals surface area contributed by atoms with Crippen molar-refractivity contribution in [3.8, 4) is 12.3 Å². The Morgan fingerprint density at radius 3 is 2.83 bits per heavy atom. The van der Waals surface area contributed by atoms with Gasteiger partial charge in [-0.2, -0.15) is 0 Å². The highest BCUT2D eigenvalue weighted by Gasteiger charge is 2.36. The van der Waals surface area contributed by atoms with Crippen molar-refractivity contribution in [2.24, 2.45) is 4.99 Å². The molecule has 18 heavy (non-hydrogen) atoms. The molecule has 0 fully saturated rings. The molecule has 0 aliphatic carbocycles. The first kappa shape index (κ1) is 14.2. The van der Waals surface area contributed by atoms with Gasteiger partial charge in [0, 0.05) is 12.8 Å². The fourth-order valence-electron chi connectivity index (χ4n) is 1.38. The summed E-state index contributed by atoms with van der Waals surface area (Å²) in [7, 11) is 0. The molecule has 0 aromatic carbocycles. The lowest BCUT2D eigenvalue weighted by molar-refractivity contribution is -0.143. The average Bonchev–Trinajstić information content (AvgIpc) is 2.53. The monoisotopic (exact) mass is 251 g/mol. The molecule has 98 valence electrons. The Labute approximate surface area is 107 Å². The van der Waals surface area contributed by atoms with Crippen LogP contribution in [0.3, 0.4) is 0 Å². The molecule has 0 amide bonds. The number of rotatable bonds is 6. The van der Waals surface area contributed by atoms with Gasteiger partial charge in [0.1, 0.15) is 0 Å². The Balaban J connectivity index is 2.21. The summed E-state index contributed by atoms with van der Waals surface area (Å²) in [6, 6.07) is 0. The van der Waals surface area contributed by atoms with Gasteiger partial charge in [-0.25, -0.2) is 9.79 Å². The van der Waals surface area contributed by atoms with Crippen molar-refractivity contribution < 1.29 is 19.1 Å². The summed E-state index contributed by atoms with van der Waals surface area (Å²) in [5.41, 5.74) is -0.827. The van der Waals surface area contributed by atoms with E-state index in [1.165, 1.54) is 0 Å².